The lowest BCUT2D eigenvalue weighted by Crippen LogP contribution is -2.45. The summed E-state index contributed by atoms with van der Waals surface area (Å²) in [5.41, 5.74) is 0. The van der Waals surface area contributed by atoms with Gasteiger partial charge in [-0.2, -0.15) is 13.2 Å². The van der Waals surface area contributed by atoms with Gasteiger partial charge in [0.2, 0.25) is 0 Å². The fourth-order valence-electron chi connectivity index (χ4n) is 1.59. The Bertz CT molecular complexity index is 152. The molecule has 1 aliphatic rings. The molecule has 0 aromatic carbocycles. The summed E-state index contributed by atoms with van der Waals surface area (Å²) in [6.07, 6.45) is -2.34. The first-order valence-electron chi connectivity index (χ1n) is 4.59. The van der Waals surface area contributed by atoms with Crippen LogP contribution < -0.4 is 5.32 Å². The maximum atomic E-state index is 12.3. The van der Waals surface area contributed by atoms with Gasteiger partial charge in [0.1, 0.15) is 0 Å². The molecule has 0 amide bonds. The largest absolute Gasteiger partial charge is 0.459 e. The highest BCUT2D eigenvalue weighted by atomic mass is 19.4. The Hall–Kier alpha value is -0.290. The molecule has 1 aliphatic heterocycles. The number of alkyl halides is 3. The molecule has 5 heteroatoms. The minimum absolute atomic E-state index is 0.0153. The van der Waals surface area contributed by atoms with Gasteiger partial charge in [0.15, 0.2) is 0 Å². The number of nitrogens with one attached hydrogen (secondary N) is 1. The van der Waals surface area contributed by atoms with E-state index in [2.05, 4.69) is 5.32 Å². The predicted molar refractivity (Wildman–Crippen MR) is 44.3 cm³/mol. The average molecular weight is 196 g/mol. The Morgan fingerprint density at radius 3 is 2.54 bits per heavy atom. The first-order valence-corrected chi connectivity index (χ1v) is 4.59. The van der Waals surface area contributed by atoms with Crippen molar-refractivity contribution in [3.63, 3.8) is 0 Å². The Morgan fingerprint density at radius 2 is 2.15 bits per heavy atom. The first-order chi connectivity index (χ1) is 6.04. The summed E-state index contributed by atoms with van der Waals surface area (Å²) >= 11 is 0. The standard InChI is InChI=1S/C8H15F3N2/c1-2-13(8(9,10)11)6-7-4-3-5-12-7/h7,12H,2-6H2,1H3. The molecule has 1 heterocycles. The van der Waals surface area contributed by atoms with Crippen LogP contribution in [-0.2, 0) is 0 Å². The molecule has 1 fully saturated rings. The molecule has 0 saturated carbocycles. The smallest absolute Gasteiger partial charge is 0.313 e. The molecule has 0 spiro atoms. The number of rotatable bonds is 3. The minimum atomic E-state index is -4.18. The van der Waals surface area contributed by atoms with Gasteiger partial charge in [0.25, 0.3) is 0 Å². The topological polar surface area (TPSA) is 15.3 Å². The monoisotopic (exact) mass is 196 g/mol. The van der Waals surface area contributed by atoms with E-state index in [4.69, 9.17) is 0 Å². The third-order valence-electron chi connectivity index (χ3n) is 2.34. The van der Waals surface area contributed by atoms with E-state index >= 15 is 0 Å². The number of likely N-dealkylation sites (N-methyl/N-ethyl adjacent to an activating group) is 1. The van der Waals surface area contributed by atoms with Crippen LogP contribution in [0.3, 0.4) is 0 Å². The van der Waals surface area contributed by atoms with E-state index in [1.807, 2.05) is 0 Å². The second kappa shape index (κ2) is 4.28. The molecular formula is C8H15F3N2. The van der Waals surface area contributed by atoms with Crippen LogP contribution >= 0.6 is 0 Å². The Kier molecular flexibility index (Phi) is 3.55. The van der Waals surface area contributed by atoms with Crippen LogP contribution in [-0.4, -0.2) is 36.9 Å². The molecule has 1 N–H and O–H groups in total. The number of halogens is 3. The Morgan fingerprint density at radius 1 is 1.46 bits per heavy atom. The summed E-state index contributed by atoms with van der Waals surface area (Å²) in [4.78, 5) is 0.552. The van der Waals surface area contributed by atoms with E-state index in [1.165, 1.54) is 6.92 Å². The van der Waals surface area contributed by atoms with Gasteiger partial charge in [-0.1, -0.05) is 6.92 Å². The van der Waals surface area contributed by atoms with E-state index in [0.717, 1.165) is 19.4 Å². The highest BCUT2D eigenvalue weighted by Crippen LogP contribution is 2.22. The van der Waals surface area contributed by atoms with E-state index in [1.54, 1.807) is 0 Å². The molecule has 2 nitrogen and oxygen atoms in total. The lowest BCUT2D eigenvalue weighted by molar-refractivity contribution is -0.245. The zero-order valence-electron chi connectivity index (χ0n) is 7.69. The summed E-state index contributed by atoms with van der Waals surface area (Å²) in [5.74, 6) is 0. The molecule has 1 atom stereocenters. The third kappa shape index (κ3) is 3.15. The van der Waals surface area contributed by atoms with Crippen LogP contribution in [0.5, 0.6) is 0 Å². The highest BCUT2D eigenvalue weighted by Gasteiger charge is 2.37. The maximum absolute atomic E-state index is 12.3. The quantitative estimate of drug-likeness (QED) is 0.689. The number of hydrogen-bond acceptors (Lipinski definition) is 2. The summed E-state index contributed by atoms with van der Waals surface area (Å²) in [5, 5.41) is 3.05. The van der Waals surface area contributed by atoms with Gasteiger partial charge in [0.05, 0.1) is 0 Å². The van der Waals surface area contributed by atoms with Gasteiger partial charge >= 0.3 is 6.30 Å². The molecule has 0 bridgehead atoms. The van der Waals surface area contributed by atoms with E-state index in [0.29, 0.717) is 4.90 Å². The summed E-state index contributed by atoms with van der Waals surface area (Å²) in [6, 6.07) is 0.0153. The van der Waals surface area contributed by atoms with E-state index < -0.39 is 6.30 Å². The van der Waals surface area contributed by atoms with Crippen LogP contribution in [0.4, 0.5) is 13.2 Å². The Labute approximate surface area is 76.1 Å². The minimum Gasteiger partial charge on any atom is -0.313 e. The molecular weight excluding hydrogens is 181 g/mol. The highest BCUT2D eigenvalue weighted by molar-refractivity contribution is 4.78. The molecule has 1 saturated heterocycles. The molecule has 0 radical (unpaired) electrons. The zero-order valence-corrected chi connectivity index (χ0v) is 7.69. The van der Waals surface area contributed by atoms with Gasteiger partial charge in [-0.3, -0.25) is 0 Å². The van der Waals surface area contributed by atoms with E-state index in [-0.39, 0.29) is 19.1 Å². The average Bonchev–Trinajstić information content (AvgIpc) is 2.49. The van der Waals surface area contributed by atoms with Crippen LogP contribution in [0.1, 0.15) is 19.8 Å². The third-order valence-corrected chi connectivity index (χ3v) is 2.34. The van der Waals surface area contributed by atoms with Gasteiger partial charge in [0, 0.05) is 19.1 Å². The summed E-state index contributed by atoms with van der Waals surface area (Å²) in [7, 11) is 0. The lowest BCUT2D eigenvalue weighted by Gasteiger charge is -2.26. The SMILES string of the molecule is CCN(CC1CCCN1)C(F)(F)F. The number of nitrogens with zero attached hydrogens (tertiary/aromatic N) is 1. The predicted octanol–water partition coefficient (Wildman–Crippen LogP) is 1.58. The van der Waals surface area contributed by atoms with Crippen molar-refractivity contribution in [2.45, 2.75) is 32.1 Å². The molecule has 13 heavy (non-hydrogen) atoms. The van der Waals surface area contributed by atoms with Crippen molar-refractivity contribution in [1.29, 1.82) is 0 Å². The Balaban J connectivity index is 2.39. The summed E-state index contributed by atoms with van der Waals surface area (Å²) < 4.78 is 36.8. The second-order valence-corrected chi connectivity index (χ2v) is 3.30. The van der Waals surface area contributed by atoms with Crippen molar-refractivity contribution in [2.75, 3.05) is 19.6 Å². The van der Waals surface area contributed by atoms with Crippen molar-refractivity contribution in [2.24, 2.45) is 0 Å². The van der Waals surface area contributed by atoms with Crippen LogP contribution in [0.2, 0.25) is 0 Å². The molecule has 1 unspecified atom stereocenters. The van der Waals surface area contributed by atoms with Crippen LogP contribution in [0.15, 0.2) is 0 Å². The van der Waals surface area contributed by atoms with Crippen LogP contribution in [0.25, 0.3) is 0 Å². The van der Waals surface area contributed by atoms with E-state index in [9.17, 15) is 13.2 Å². The van der Waals surface area contributed by atoms with Crippen molar-refractivity contribution in [3.8, 4) is 0 Å². The summed E-state index contributed by atoms with van der Waals surface area (Å²) in [6.45, 7) is 2.49. The fraction of sp³-hybridized carbons (Fsp3) is 1.00. The van der Waals surface area contributed by atoms with Crippen LogP contribution in [0, 0.1) is 0 Å². The van der Waals surface area contributed by atoms with Crippen molar-refractivity contribution in [1.82, 2.24) is 10.2 Å². The van der Waals surface area contributed by atoms with Gasteiger partial charge in [-0.05, 0) is 19.4 Å². The van der Waals surface area contributed by atoms with Crippen molar-refractivity contribution < 1.29 is 13.2 Å². The molecule has 0 aromatic rings. The molecule has 78 valence electrons. The molecule has 0 aromatic heterocycles. The normalized spacial score (nSPS) is 24.2. The van der Waals surface area contributed by atoms with Gasteiger partial charge in [-0.25, -0.2) is 4.90 Å². The lowest BCUT2D eigenvalue weighted by atomic mass is 10.2. The number of hydrogen-bond donors (Lipinski definition) is 1. The van der Waals surface area contributed by atoms with Gasteiger partial charge < -0.3 is 5.32 Å². The molecule has 1 rings (SSSR count). The fourth-order valence-corrected chi connectivity index (χ4v) is 1.59. The molecule has 0 aliphatic carbocycles. The van der Waals surface area contributed by atoms with Crippen molar-refractivity contribution in [3.05, 3.63) is 0 Å². The first kappa shape index (κ1) is 10.8. The zero-order chi connectivity index (χ0) is 9.90. The van der Waals surface area contributed by atoms with Crippen molar-refractivity contribution >= 4 is 0 Å². The maximum Gasteiger partial charge on any atom is 0.459 e. The second-order valence-electron chi connectivity index (χ2n) is 3.30. The van der Waals surface area contributed by atoms with Gasteiger partial charge in [-0.15, -0.1) is 0 Å².